The van der Waals surface area contributed by atoms with Gasteiger partial charge < -0.3 is 13.9 Å². The summed E-state index contributed by atoms with van der Waals surface area (Å²) in [4.78, 5) is 0. The average Bonchev–Trinajstić information content (AvgIpc) is 3.10. The lowest BCUT2D eigenvalue weighted by Crippen LogP contribution is -1.99. The topological polar surface area (TPSA) is 57.4 Å². The maximum Gasteiger partial charge on any atom is 0.276 e. The number of ether oxygens (including phenoxy) is 2. The van der Waals surface area contributed by atoms with Crippen LogP contribution in [0.2, 0.25) is 5.02 Å². The van der Waals surface area contributed by atoms with Crippen molar-refractivity contribution in [3.05, 3.63) is 53.6 Å². The highest BCUT2D eigenvalue weighted by molar-refractivity contribution is 7.99. The highest BCUT2D eigenvalue weighted by Gasteiger charge is 2.13. The summed E-state index contributed by atoms with van der Waals surface area (Å²) >= 11 is 7.29. The van der Waals surface area contributed by atoms with Gasteiger partial charge in [-0.2, -0.15) is 0 Å². The fraction of sp³-hybridized carbons (Fsp3) is 0.222. The highest BCUT2D eigenvalue weighted by atomic mass is 35.5. The van der Waals surface area contributed by atoms with Crippen LogP contribution in [-0.2, 0) is 0 Å². The molecule has 3 rings (SSSR count). The number of nitrogens with zero attached hydrogens (tertiary/aromatic N) is 2. The van der Waals surface area contributed by atoms with Crippen LogP contribution in [0.25, 0.3) is 11.5 Å². The first-order valence-electron chi connectivity index (χ1n) is 7.83. The molecular formula is C18H17ClN2O3S. The molecule has 0 amide bonds. The predicted octanol–water partition coefficient (Wildman–Crippen LogP) is 4.96. The van der Waals surface area contributed by atoms with Crippen LogP contribution in [0.4, 0.5) is 0 Å². The van der Waals surface area contributed by atoms with E-state index in [-0.39, 0.29) is 0 Å². The first kappa shape index (κ1) is 17.6. The number of halogens is 1. The van der Waals surface area contributed by atoms with E-state index in [4.69, 9.17) is 25.5 Å². The third-order valence-corrected chi connectivity index (χ3v) is 4.25. The van der Waals surface area contributed by atoms with Gasteiger partial charge in [-0.15, -0.1) is 10.2 Å². The fourth-order valence-electron chi connectivity index (χ4n) is 2.12. The van der Waals surface area contributed by atoms with Gasteiger partial charge >= 0.3 is 0 Å². The SMILES string of the molecule is CCOc1ccccc1-c1nnc(SCCOc2ccc(Cl)cc2)o1. The Kier molecular flexibility index (Phi) is 6.19. The van der Waals surface area contributed by atoms with Crippen molar-refractivity contribution in [1.82, 2.24) is 10.2 Å². The minimum absolute atomic E-state index is 0.449. The monoisotopic (exact) mass is 376 g/mol. The van der Waals surface area contributed by atoms with Gasteiger partial charge in [0.15, 0.2) is 0 Å². The Balaban J connectivity index is 1.54. The second-order valence-corrected chi connectivity index (χ2v) is 6.44. The maximum absolute atomic E-state index is 5.84. The molecule has 1 heterocycles. The average molecular weight is 377 g/mol. The van der Waals surface area contributed by atoms with E-state index in [2.05, 4.69) is 10.2 Å². The Morgan fingerprint density at radius 2 is 1.84 bits per heavy atom. The molecule has 7 heteroatoms. The number of aromatic nitrogens is 2. The lowest BCUT2D eigenvalue weighted by molar-refractivity contribution is 0.339. The van der Waals surface area contributed by atoms with E-state index >= 15 is 0 Å². The first-order chi connectivity index (χ1) is 12.3. The molecule has 0 spiro atoms. The van der Waals surface area contributed by atoms with Gasteiger partial charge in [0.05, 0.1) is 18.8 Å². The number of thioether (sulfide) groups is 1. The first-order valence-corrected chi connectivity index (χ1v) is 9.19. The summed E-state index contributed by atoms with van der Waals surface area (Å²) in [5, 5.41) is 9.36. The molecule has 0 saturated heterocycles. The molecule has 5 nitrogen and oxygen atoms in total. The van der Waals surface area contributed by atoms with E-state index < -0.39 is 0 Å². The quantitative estimate of drug-likeness (QED) is 0.409. The van der Waals surface area contributed by atoms with E-state index in [1.54, 1.807) is 12.1 Å². The third kappa shape index (κ3) is 4.90. The minimum Gasteiger partial charge on any atom is -0.493 e. The van der Waals surface area contributed by atoms with Gasteiger partial charge in [0.1, 0.15) is 11.5 Å². The van der Waals surface area contributed by atoms with E-state index in [1.165, 1.54) is 11.8 Å². The van der Waals surface area contributed by atoms with Crippen molar-refractivity contribution in [2.24, 2.45) is 0 Å². The van der Waals surface area contributed by atoms with Gasteiger partial charge in [0, 0.05) is 10.8 Å². The molecule has 0 aliphatic rings. The zero-order chi connectivity index (χ0) is 17.5. The van der Waals surface area contributed by atoms with E-state index in [1.807, 2.05) is 43.3 Å². The minimum atomic E-state index is 0.449. The fourth-order valence-corrected chi connectivity index (χ4v) is 2.82. The smallest absolute Gasteiger partial charge is 0.276 e. The van der Waals surface area contributed by atoms with Gasteiger partial charge in [-0.1, -0.05) is 35.5 Å². The van der Waals surface area contributed by atoms with Crippen molar-refractivity contribution in [2.75, 3.05) is 19.0 Å². The molecule has 3 aromatic rings. The Morgan fingerprint density at radius 1 is 1.04 bits per heavy atom. The summed E-state index contributed by atoms with van der Waals surface area (Å²) in [5.74, 6) is 2.65. The number of para-hydroxylation sites is 1. The van der Waals surface area contributed by atoms with Crippen LogP contribution in [0.5, 0.6) is 11.5 Å². The molecule has 0 radical (unpaired) electrons. The standard InChI is InChI=1S/C18H17ClN2O3S/c1-2-22-16-6-4-3-5-15(16)17-20-21-18(24-17)25-12-11-23-14-9-7-13(19)8-10-14/h3-10H,2,11-12H2,1H3. The molecule has 25 heavy (non-hydrogen) atoms. The van der Waals surface area contributed by atoms with Crippen LogP contribution in [0.15, 0.2) is 58.2 Å². The summed E-state index contributed by atoms with van der Waals surface area (Å²) in [6.07, 6.45) is 0. The van der Waals surface area contributed by atoms with E-state index in [0.29, 0.717) is 35.1 Å². The van der Waals surface area contributed by atoms with Crippen LogP contribution in [0.1, 0.15) is 6.92 Å². The Labute approximate surface area is 155 Å². The van der Waals surface area contributed by atoms with Gasteiger partial charge in [-0.05, 0) is 43.3 Å². The number of hydrogen-bond acceptors (Lipinski definition) is 6. The Morgan fingerprint density at radius 3 is 2.64 bits per heavy atom. The molecule has 130 valence electrons. The zero-order valence-electron chi connectivity index (χ0n) is 13.6. The van der Waals surface area contributed by atoms with Crippen molar-refractivity contribution in [2.45, 2.75) is 12.1 Å². The predicted molar refractivity (Wildman–Crippen MR) is 98.6 cm³/mol. The number of rotatable bonds is 8. The molecule has 0 N–H and O–H groups in total. The van der Waals surface area contributed by atoms with Crippen molar-refractivity contribution in [1.29, 1.82) is 0 Å². The third-order valence-electron chi connectivity index (χ3n) is 3.22. The van der Waals surface area contributed by atoms with Crippen molar-refractivity contribution in [3.63, 3.8) is 0 Å². The largest absolute Gasteiger partial charge is 0.493 e. The maximum atomic E-state index is 5.84. The molecular weight excluding hydrogens is 360 g/mol. The summed E-state index contributed by atoms with van der Waals surface area (Å²) in [6, 6.07) is 14.9. The molecule has 0 atom stereocenters. The van der Waals surface area contributed by atoms with E-state index in [9.17, 15) is 0 Å². The van der Waals surface area contributed by atoms with Crippen molar-refractivity contribution >= 4 is 23.4 Å². The normalized spacial score (nSPS) is 10.6. The van der Waals surface area contributed by atoms with Crippen LogP contribution < -0.4 is 9.47 Å². The molecule has 0 aliphatic heterocycles. The van der Waals surface area contributed by atoms with Gasteiger partial charge in [0.25, 0.3) is 11.1 Å². The molecule has 0 fully saturated rings. The van der Waals surface area contributed by atoms with Gasteiger partial charge in [-0.3, -0.25) is 0 Å². The van der Waals surface area contributed by atoms with E-state index in [0.717, 1.165) is 17.1 Å². The van der Waals surface area contributed by atoms with Crippen LogP contribution in [-0.4, -0.2) is 29.2 Å². The molecule has 0 aliphatic carbocycles. The van der Waals surface area contributed by atoms with Crippen LogP contribution in [0, 0.1) is 0 Å². The molecule has 2 aromatic carbocycles. The zero-order valence-corrected chi connectivity index (χ0v) is 15.2. The molecule has 1 aromatic heterocycles. The molecule has 0 unspecified atom stereocenters. The second kappa shape index (κ2) is 8.78. The lowest BCUT2D eigenvalue weighted by Gasteiger charge is -2.06. The molecule has 0 saturated carbocycles. The van der Waals surface area contributed by atoms with Gasteiger partial charge in [0.2, 0.25) is 0 Å². The number of benzene rings is 2. The summed E-state index contributed by atoms with van der Waals surface area (Å²) in [5.41, 5.74) is 0.793. The lowest BCUT2D eigenvalue weighted by atomic mass is 10.2. The number of hydrogen-bond donors (Lipinski definition) is 0. The van der Waals surface area contributed by atoms with Crippen LogP contribution >= 0.6 is 23.4 Å². The highest BCUT2D eigenvalue weighted by Crippen LogP contribution is 2.30. The van der Waals surface area contributed by atoms with Crippen molar-refractivity contribution in [3.8, 4) is 23.0 Å². The van der Waals surface area contributed by atoms with Crippen molar-refractivity contribution < 1.29 is 13.9 Å². The second-order valence-electron chi connectivity index (χ2n) is 4.95. The summed E-state index contributed by atoms with van der Waals surface area (Å²) in [6.45, 7) is 3.04. The van der Waals surface area contributed by atoms with Crippen LogP contribution in [0.3, 0.4) is 0 Å². The Hall–Kier alpha value is -2.18. The summed E-state index contributed by atoms with van der Waals surface area (Å²) < 4.78 is 16.9. The van der Waals surface area contributed by atoms with Gasteiger partial charge in [-0.25, -0.2) is 0 Å². The summed E-state index contributed by atoms with van der Waals surface area (Å²) in [7, 11) is 0. The molecule has 0 bridgehead atoms. The Bertz CT molecular complexity index is 808.